The predicted octanol–water partition coefficient (Wildman–Crippen LogP) is 4.73. The van der Waals surface area contributed by atoms with E-state index in [2.05, 4.69) is 41.0 Å². The number of hydrogen-bond donors (Lipinski definition) is 1. The lowest BCUT2D eigenvalue weighted by Crippen LogP contribution is -2.35. The average Bonchev–Trinajstić information content (AvgIpc) is 2.85. The van der Waals surface area contributed by atoms with Gasteiger partial charge >= 0.3 is 0 Å². The van der Waals surface area contributed by atoms with Crippen molar-refractivity contribution < 1.29 is 14.7 Å². The molecule has 0 unspecified atom stereocenters. The number of rotatable bonds is 4. The summed E-state index contributed by atoms with van der Waals surface area (Å²) in [7, 11) is -0.167. The Labute approximate surface area is 177 Å². The second-order valence-electron chi connectivity index (χ2n) is 8.19. The molecule has 1 aliphatic heterocycles. The highest BCUT2D eigenvalue weighted by Crippen LogP contribution is 2.29. The summed E-state index contributed by atoms with van der Waals surface area (Å²) >= 11 is 3.38. The third-order valence-electron chi connectivity index (χ3n) is 4.08. The largest absolute Gasteiger partial charge is 0.388 e. The summed E-state index contributed by atoms with van der Waals surface area (Å²) in [6, 6.07) is 14.2. The van der Waals surface area contributed by atoms with Crippen molar-refractivity contribution in [2.45, 2.75) is 13.0 Å². The summed E-state index contributed by atoms with van der Waals surface area (Å²) in [5.41, 5.74) is 1.62. The normalized spacial score (nSPS) is 16.2. The number of hydrogen-bond acceptors (Lipinski definition) is 3. The quantitative estimate of drug-likeness (QED) is 0.664. The van der Waals surface area contributed by atoms with Gasteiger partial charge in [-0.2, -0.15) is 0 Å². The molecule has 0 aliphatic carbocycles. The summed E-state index contributed by atoms with van der Waals surface area (Å²) in [6.45, 7) is 2.01. The molecular formula is C22H28BrNO3S. The molecule has 152 valence electrons. The molecule has 1 N–H and O–H groups in total. The number of benzene rings is 2. The average molecular weight is 466 g/mol. The molecule has 2 aromatic rings. The highest BCUT2D eigenvalue weighted by Gasteiger charge is 2.36. The Hall–Kier alpha value is -1.63. The zero-order valence-electron chi connectivity index (χ0n) is 17.0. The minimum absolute atomic E-state index is 0.167. The number of fused-ring (bicyclic) bond motifs is 1. The summed E-state index contributed by atoms with van der Waals surface area (Å²) in [4.78, 5) is 26.0. The topological polar surface area (TPSA) is 57.6 Å². The van der Waals surface area contributed by atoms with Crippen LogP contribution in [0.1, 0.15) is 39.3 Å². The molecule has 0 radical (unpaired) electrons. The highest BCUT2D eigenvalue weighted by atomic mass is 79.9. The molecule has 28 heavy (non-hydrogen) atoms. The molecule has 0 saturated carbocycles. The van der Waals surface area contributed by atoms with Gasteiger partial charge < -0.3 is 5.11 Å². The van der Waals surface area contributed by atoms with Gasteiger partial charge in [0.25, 0.3) is 11.8 Å². The van der Waals surface area contributed by atoms with Crippen molar-refractivity contribution in [2.24, 2.45) is 5.92 Å². The first kappa shape index (κ1) is 22.7. The van der Waals surface area contributed by atoms with Gasteiger partial charge in [0.1, 0.15) is 0 Å². The molecule has 0 spiro atoms. The van der Waals surface area contributed by atoms with Gasteiger partial charge in [-0.1, -0.05) is 47.1 Å². The Bertz CT molecular complexity index is 822. The van der Waals surface area contributed by atoms with Crippen molar-refractivity contribution in [1.82, 2.24) is 4.90 Å². The van der Waals surface area contributed by atoms with Gasteiger partial charge in [0, 0.05) is 16.9 Å². The van der Waals surface area contributed by atoms with E-state index in [0.717, 1.165) is 10.0 Å². The highest BCUT2D eigenvalue weighted by molar-refractivity contribution is 9.10. The molecule has 1 heterocycles. The third kappa shape index (κ3) is 5.93. The van der Waals surface area contributed by atoms with E-state index in [0.29, 0.717) is 11.1 Å². The first-order valence-electron chi connectivity index (χ1n) is 9.01. The second kappa shape index (κ2) is 9.25. The van der Waals surface area contributed by atoms with E-state index >= 15 is 0 Å². The maximum atomic E-state index is 12.4. The Kier molecular flexibility index (Phi) is 7.48. The first-order chi connectivity index (χ1) is 13.0. The number of carbonyl (C=O) groups is 2. The lowest BCUT2D eigenvalue weighted by Gasteiger charge is -2.24. The Morgan fingerprint density at radius 1 is 0.964 bits per heavy atom. The maximum absolute atomic E-state index is 12.4. The number of imide groups is 1. The van der Waals surface area contributed by atoms with Crippen molar-refractivity contribution in [3.8, 4) is 0 Å². The van der Waals surface area contributed by atoms with Crippen LogP contribution in [0.15, 0.2) is 53.0 Å². The van der Waals surface area contributed by atoms with E-state index in [1.54, 1.807) is 24.3 Å². The van der Waals surface area contributed by atoms with Crippen molar-refractivity contribution in [3.05, 3.63) is 69.7 Å². The van der Waals surface area contributed by atoms with Gasteiger partial charge in [-0.05, 0) is 54.9 Å². The van der Waals surface area contributed by atoms with Gasteiger partial charge in [0.15, 0.2) is 0 Å². The van der Waals surface area contributed by atoms with E-state index in [1.165, 1.54) is 4.90 Å². The summed E-state index contributed by atoms with van der Waals surface area (Å²) in [5.74, 6) is -0.857. The van der Waals surface area contributed by atoms with Crippen molar-refractivity contribution in [2.75, 3.05) is 31.6 Å². The summed E-state index contributed by atoms with van der Waals surface area (Å²) in [6.07, 6.45) is 8.33. The van der Waals surface area contributed by atoms with Gasteiger partial charge in [-0.3, -0.25) is 24.5 Å². The number of amides is 2. The van der Waals surface area contributed by atoms with Crippen LogP contribution >= 0.6 is 26.0 Å². The number of nitrogens with zero attached hydrogens (tertiary/aromatic N) is 1. The second-order valence-corrected chi connectivity index (χ2v) is 14.0. The van der Waals surface area contributed by atoms with Crippen LogP contribution in [0, 0.1) is 5.92 Å². The van der Waals surface area contributed by atoms with Crippen LogP contribution in [0.25, 0.3) is 0 Å². The van der Waals surface area contributed by atoms with Crippen molar-refractivity contribution >= 4 is 37.8 Å². The van der Waals surface area contributed by atoms with E-state index in [9.17, 15) is 14.7 Å². The molecule has 0 fully saturated rings. The number of aliphatic hydroxyl groups is 1. The fraction of sp³-hybridized carbons (Fsp3) is 0.364. The molecule has 1 aliphatic rings. The molecule has 0 aromatic heterocycles. The van der Waals surface area contributed by atoms with Crippen LogP contribution in [0.2, 0.25) is 0 Å². The Morgan fingerprint density at radius 2 is 1.46 bits per heavy atom. The van der Waals surface area contributed by atoms with Crippen LogP contribution < -0.4 is 0 Å². The molecule has 0 saturated heterocycles. The standard InChI is InChI=1S/C18H16BrNO3.C4H12S/c1-11(16(21)12-5-4-6-13(19)9-12)10-20-17(22)14-7-2-3-8-15(14)18(20)23;1-5(2,3)4/h2-9,11,16,21H,10H2,1H3;1-4H3/t11-,16-;/m1./s1. The van der Waals surface area contributed by atoms with Gasteiger partial charge in [-0.15, -0.1) is 0 Å². The molecule has 4 nitrogen and oxygen atoms in total. The molecule has 0 bridgehead atoms. The van der Waals surface area contributed by atoms with Crippen LogP contribution in [-0.2, 0) is 0 Å². The maximum Gasteiger partial charge on any atom is 0.261 e. The SMILES string of the molecule is CS(C)(C)C.C[C@H](CN1C(=O)c2ccccc2C1=O)[C@@H](O)c1cccc(Br)c1. The van der Waals surface area contributed by atoms with Crippen LogP contribution in [-0.4, -0.2) is 53.4 Å². The third-order valence-corrected chi connectivity index (χ3v) is 4.57. The van der Waals surface area contributed by atoms with Gasteiger partial charge in [0.05, 0.1) is 17.2 Å². The van der Waals surface area contributed by atoms with E-state index in [1.807, 2.05) is 31.2 Å². The fourth-order valence-electron chi connectivity index (χ4n) is 2.81. The molecular weight excluding hydrogens is 438 g/mol. The predicted molar refractivity (Wildman–Crippen MR) is 121 cm³/mol. The first-order valence-corrected chi connectivity index (χ1v) is 13.1. The smallest absolute Gasteiger partial charge is 0.261 e. The molecule has 2 atom stereocenters. The minimum atomic E-state index is -0.753. The van der Waals surface area contributed by atoms with E-state index < -0.39 is 6.10 Å². The summed E-state index contributed by atoms with van der Waals surface area (Å²) in [5, 5.41) is 10.5. The lowest BCUT2D eigenvalue weighted by molar-refractivity contribution is 0.0537. The zero-order chi connectivity index (χ0) is 21.1. The Balaban J connectivity index is 0.000000500. The monoisotopic (exact) mass is 465 g/mol. The molecule has 2 amide bonds. The molecule has 6 heteroatoms. The zero-order valence-corrected chi connectivity index (χ0v) is 19.4. The van der Waals surface area contributed by atoms with Gasteiger partial charge in [-0.25, -0.2) is 0 Å². The summed E-state index contributed by atoms with van der Waals surface area (Å²) < 4.78 is 0.877. The van der Waals surface area contributed by atoms with E-state index in [-0.39, 0.29) is 34.3 Å². The number of aliphatic hydroxyl groups excluding tert-OH is 1. The number of halogens is 1. The fourth-order valence-corrected chi connectivity index (χ4v) is 3.23. The Morgan fingerprint density at radius 3 is 1.93 bits per heavy atom. The van der Waals surface area contributed by atoms with Crippen LogP contribution in [0.5, 0.6) is 0 Å². The molecule has 3 rings (SSSR count). The van der Waals surface area contributed by atoms with Crippen molar-refractivity contribution in [1.29, 1.82) is 0 Å². The lowest BCUT2D eigenvalue weighted by atomic mass is 9.97. The van der Waals surface area contributed by atoms with Crippen LogP contribution in [0.4, 0.5) is 0 Å². The van der Waals surface area contributed by atoms with Crippen LogP contribution in [0.3, 0.4) is 0 Å². The van der Waals surface area contributed by atoms with Gasteiger partial charge in [0.2, 0.25) is 0 Å². The van der Waals surface area contributed by atoms with Crippen molar-refractivity contribution in [3.63, 3.8) is 0 Å². The minimum Gasteiger partial charge on any atom is -0.388 e. The number of carbonyl (C=O) groups excluding carboxylic acids is 2. The van der Waals surface area contributed by atoms with E-state index in [4.69, 9.17) is 0 Å². The molecule has 2 aromatic carbocycles.